The molecule has 2 aromatic heterocycles. The van der Waals surface area contributed by atoms with E-state index in [0.29, 0.717) is 16.8 Å². The van der Waals surface area contributed by atoms with E-state index < -0.39 is 5.91 Å². The van der Waals surface area contributed by atoms with Crippen molar-refractivity contribution < 1.29 is 9.59 Å². The molecule has 0 spiro atoms. The van der Waals surface area contributed by atoms with Gasteiger partial charge in [0.25, 0.3) is 11.8 Å². The van der Waals surface area contributed by atoms with Gasteiger partial charge < -0.3 is 9.47 Å². The zero-order chi connectivity index (χ0) is 23.1. The Morgan fingerprint density at radius 3 is 2.30 bits per heavy atom. The number of imide groups is 1. The number of hydrogen-bond donors (Lipinski definition) is 1. The second-order valence-corrected chi connectivity index (χ2v) is 8.62. The van der Waals surface area contributed by atoms with Crippen LogP contribution in [0.15, 0.2) is 54.7 Å². The molecule has 1 aliphatic rings. The molecule has 2 amide bonds. The molecule has 0 saturated carbocycles. The fraction of sp³-hybridized carbons (Fsp3) is 0.269. The number of carbonyl (C=O) groups excluding carboxylic acids is 2. The van der Waals surface area contributed by atoms with Gasteiger partial charge in [0.05, 0.1) is 16.7 Å². The van der Waals surface area contributed by atoms with Crippen LogP contribution in [0.1, 0.15) is 24.6 Å². The smallest absolute Gasteiger partial charge is 0.261 e. The van der Waals surface area contributed by atoms with Gasteiger partial charge in [-0.05, 0) is 46.1 Å². The Morgan fingerprint density at radius 2 is 1.58 bits per heavy atom. The maximum Gasteiger partial charge on any atom is 0.261 e. The second kappa shape index (κ2) is 8.33. The summed E-state index contributed by atoms with van der Waals surface area (Å²) in [4.78, 5) is 28.3. The number of hydrogen-bond acceptors (Lipinski definition) is 4. The fourth-order valence-corrected chi connectivity index (χ4v) is 4.66. The van der Waals surface area contributed by atoms with E-state index in [-0.39, 0.29) is 5.91 Å². The highest BCUT2D eigenvalue weighted by atomic mass is 16.2. The highest BCUT2D eigenvalue weighted by Crippen LogP contribution is 2.37. The van der Waals surface area contributed by atoms with Gasteiger partial charge in [-0.3, -0.25) is 19.6 Å². The molecule has 0 radical (unpaired) electrons. The maximum atomic E-state index is 13.1. The Bertz CT molecular complexity index is 1420. The lowest BCUT2D eigenvalue weighted by atomic mass is 9.97. The third-order valence-corrected chi connectivity index (χ3v) is 6.20. The first-order chi connectivity index (χ1) is 16.0. The Kier molecular flexibility index (Phi) is 5.34. The molecule has 168 valence electrons. The summed E-state index contributed by atoms with van der Waals surface area (Å²) in [5.41, 5.74) is 4.06. The average molecular weight is 442 g/mol. The van der Waals surface area contributed by atoms with Gasteiger partial charge in [-0.15, -0.1) is 0 Å². The van der Waals surface area contributed by atoms with E-state index in [4.69, 9.17) is 5.10 Å². The number of rotatable bonds is 7. The van der Waals surface area contributed by atoms with Crippen LogP contribution in [-0.4, -0.2) is 51.7 Å². The molecule has 0 atom stereocenters. The Morgan fingerprint density at radius 1 is 0.909 bits per heavy atom. The van der Waals surface area contributed by atoms with E-state index in [1.165, 1.54) is 0 Å². The first-order valence-corrected chi connectivity index (χ1v) is 11.3. The molecule has 7 nitrogen and oxygen atoms in total. The van der Waals surface area contributed by atoms with Gasteiger partial charge >= 0.3 is 0 Å². The minimum Gasteiger partial charge on any atom is -0.347 e. The SMILES string of the molecule is CCn1cc(C2=C(c3nn(CCCN(C)C)c4ccccc34)C(=O)NC2=O)c2ccccc21. The fourth-order valence-electron chi connectivity index (χ4n) is 4.66. The Hall–Kier alpha value is -3.71. The largest absolute Gasteiger partial charge is 0.347 e. The molecule has 1 N–H and O–H groups in total. The first kappa shape index (κ1) is 21.2. The molecule has 0 bridgehead atoms. The molecule has 0 saturated heterocycles. The molecule has 3 heterocycles. The number of fused-ring (bicyclic) bond motifs is 2. The highest BCUT2D eigenvalue weighted by molar-refractivity contribution is 6.50. The van der Waals surface area contributed by atoms with E-state index in [1.54, 1.807) is 0 Å². The maximum absolute atomic E-state index is 13.1. The number of nitrogens with zero attached hydrogens (tertiary/aromatic N) is 4. The van der Waals surface area contributed by atoms with Crippen LogP contribution in [0.4, 0.5) is 0 Å². The number of amides is 2. The van der Waals surface area contributed by atoms with E-state index in [2.05, 4.69) is 21.7 Å². The molecule has 1 aliphatic heterocycles. The minimum atomic E-state index is -0.396. The summed E-state index contributed by atoms with van der Waals surface area (Å²) < 4.78 is 4.05. The standard InChI is InChI=1S/C26H27N5O2/c1-4-30-16-19(17-10-5-7-12-20(17)30)22-23(26(33)27-25(22)32)24-18-11-6-8-13-21(18)31(28-24)15-9-14-29(2)3/h5-8,10-13,16H,4,9,14-15H2,1-3H3,(H,27,32,33). The number of aryl methyl sites for hydroxylation is 2. The van der Waals surface area contributed by atoms with Crippen molar-refractivity contribution in [1.82, 2.24) is 24.6 Å². The summed E-state index contributed by atoms with van der Waals surface area (Å²) in [5.74, 6) is -0.771. The minimum absolute atomic E-state index is 0.349. The highest BCUT2D eigenvalue weighted by Gasteiger charge is 2.36. The van der Waals surface area contributed by atoms with Crippen LogP contribution < -0.4 is 5.32 Å². The van der Waals surface area contributed by atoms with Gasteiger partial charge in [0.2, 0.25) is 0 Å². The van der Waals surface area contributed by atoms with Gasteiger partial charge in [-0.1, -0.05) is 36.4 Å². The van der Waals surface area contributed by atoms with E-state index in [9.17, 15) is 9.59 Å². The van der Waals surface area contributed by atoms with Crippen LogP contribution >= 0.6 is 0 Å². The quantitative estimate of drug-likeness (QED) is 0.446. The molecule has 7 heteroatoms. The van der Waals surface area contributed by atoms with Crippen molar-refractivity contribution in [1.29, 1.82) is 0 Å². The molecule has 33 heavy (non-hydrogen) atoms. The third kappa shape index (κ3) is 3.54. The van der Waals surface area contributed by atoms with Gasteiger partial charge in [0.15, 0.2) is 0 Å². The molecular weight excluding hydrogens is 414 g/mol. The topological polar surface area (TPSA) is 72.2 Å². The zero-order valence-corrected chi connectivity index (χ0v) is 19.1. The molecule has 4 aromatic rings. The van der Waals surface area contributed by atoms with E-state index in [0.717, 1.165) is 53.4 Å². The Balaban J connectivity index is 1.72. The summed E-state index contributed by atoms with van der Waals surface area (Å²) in [6.45, 7) is 4.50. The number of para-hydroxylation sites is 2. The van der Waals surface area contributed by atoms with Crippen LogP contribution in [0.3, 0.4) is 0 Å². The predicted octanol–water partition coefficient (Wildman–Crippen LogP) is 3.53. The molecule has 2 aromatic carbocycles. The predicted molar refractivity (Wildman–Crippen MR) is 130 cm³/mol. The van der Waals surface area contributed by atoms with Crippen LogP contribution in [0, 0.1) is 0 Å². The van der Waals surface area contributed by atoms with E-state index in [1.807, 2.05) is 73.5 Å². The van der Waals surface area contributed by atoms with Gasteiger partial charge in [-0.25, -0.2) is 0 Å². The van der Waals surface area contributed by atoms with Crippen molar-refractivity contribution in [3.05, 3.63) is 66.0 Å². The molecule has 5 rings (SSSR count). The molecule has 0 fully saturated rings. The van der Waals surface area contributed by atoms with Gasteiger partial charge in [-0.2, -0.15) is 5.10 Å². The zero-order valence-electron chi connectivity index (χ0n) is 19.1. The Labute approximate surface area is 192 Å². The van der Waals surface area contributed by atoms with Crippen LogP contribution in [-0.2, 0) is 22.7 Å². The van der Waals surface area contributed by atoms with Crippen LogP contribution in [0.25, 0.3) is 33.0 Å². The summed E-state index contributed by atoms with van der Waals surface area (Å²) in [6, 6.07) is 15.9. The average Bonchev–Trinajstić information content (AvgIpc) is 3.44. The van der Waals surface area contributed by atoms with Crippen molar-refractivity contribution >= 4 is 44.8 Å². The van der Waals surface area contributed by atoms with E-state index >= 15 is 0 Å². The summed E-state index contributed by atoms with van der Waals surface area (Å²) in [7, 11) is 4.09. The normalized spacial score (nSPS) is 14.3. The third-order valence-electron chi connectivity index (χ3n) is 6.20. The number of benzene rings is 2. The van der Waals surface area contributed by atoms with Crippen molar-refractivity contribution in [2.75, 3.05) is 20.6 Å². The summed E-state index contributed by atoms with van der Waals surface area (Å²) >= 11 is 0. The molecular formula is C26H27N5O2. The summed E-state index contributed by atoms with van der Waals surface area (Å²) in [5, 5.41) is 9.20. The monoisotopic (exact) mass is 441 g/mol. The van der Waals surface area contributed by atoms with Crippen LogP contribution in [0.2, 0.25) is 0 Å². The van der Waals surface area contributed by atoms with Crippen LogP contribution in [0.5, 0.6) is 0 Å². The lowest BCUT2D eigenvalue weighted by Gasteiger charge is -2.09. The number of nitrogens with one attached hydrogen (secondary N) is 1. The number of carbonyl (C=O) groups is 2. The molecule has 0 aliphatic carbocycles. The lowest BCUT2D eigenvalue weighted by molar-refractivity contribution is -0.122. The van der Waals surface area contributed by atoms with Crippen molar-refractivity contribution in [2.24, 2.45) is 0 Å². The van der Waals surface area contributed by atoms with Crippen molar-refractivity contribution in [3.63, 3.8) is 0 Å². The van der Waals surface area contributed by atoms with Gasteiger partial charge in [0, 0.05) is 41.1 Å². The van der Waals surface area contributed by atoms with Crippen molar-refractivity contribution in [3.8, 4) is 0 Å². The number of aromatic nitrogens is 3. The molecule has 0 unspecified atom stereocenters. The first-order valence-electron chi connectivity index (χ1n) is 11.3. The summed E-state index contributed by atoms with van der Waals surface area (Å²) in [6.07, 6.45) is 2.90. The van der Waals surface area contributed by atoms with Gasteiger partial charge in [0.1, 0.15) is 5.69 Å². The lowest BCUT2D eigenvalue weighted by Crippen LogP contribution is -2.22. The van der Waals surface area contributed by atoms with Crippen molar-refractivity contribution in [2.45, 2.75) is 26.4 Å². The second-order valence-electron chi connectivity index (χ2n) is 8.62.